The Kier molecular flexibility index (Phi) is 11.2. The molecule has 10 rings (SSSR count). The van der Waals surface area contributed by atoms with Gasteiger partial charge in [0.05, 0.1) is 0 Å². The van der Waals surface area contributed by atoms with Crippen LogP contribution in [0.5, 0.6) is 0 Å². The second kappa shape index (κ2) is 15.1. The monoisotopic (exact) mass is 844 g/mol. The van der Waals surface area contributed by atoms with Crippen LogP contribution >= 0.6 is 0 Å². The summed E-state index contributed by atoms with van der Waals surface area (Å²) in [5, 5.41) is 0. The van der Waals surface area contributed by atoms with Crippen molar-refractivity contribution in [3.63, 3.8) is 0 Å². The summed E-state index contributed by atoms with van der Waals surface area (Å²) >= 11 is -2.94. The summed E-state index contributed by atoms with van der Waals surface area (Å²) in [6, 6.07) is 34.5. The molecule has 4 bridgehead atoms. The average Bonchev–Trinajstić information content (AvgIpc) is 3.63. The Morgan fingerprint density at radius 2 is 1.02 bits per heavy atom. The Bertz CT molecular complexity index is 2050. The van der Waals surface area contributed by atoms with Crippen LogP contribution in [0, 0.1) is 49.4 Å². The summed E-state index contributed by atoms with van der Waals surface area (Å²) in [5.74, 6) is 5.07. The molecule has 6 aliphatic carbocycles. The van der Waals surface area contributed by atoms with Crippen LogP contribution in [0.25, 0.3) is 11.1 Å². The number of rotatable bonds is 5. The van der Waals surface area contributed by atoms with E-state index in [0.29, 0.717) is 9.54 Å². The topological polar surface area (TPSA) is 0 Å². The van der Waals surface area contributed by atoms with Crippen molar-refractivity contribution >= 4 is 3.21 Å². The van der Waals surface area contributed by atoms with E-state index < -0.39 is 21.3 Å². The van der Waals surface area contributed by atoms with E-state index in [1.165, 1.54) is 76.6 Å². The maximum Gasteiger partial charge on any atom is -1.00 e. The quantitative estimate of drug-likeness (QED) is 0.197. The van der Waals surface area contributed by atoms with Crippen LogP contribution in [0.15, 0.2) is 106 Å². The first-order valence-electron chi connectivity index (χ1n) is 20.8. The Morgan fingerprint density at radius 3 is 1.44 bits per heavy atom. The largest absolute Gasteiger partial charge is 1.00 e. The van der Waals surface area contributed by atoms with Crippen LogP contribution in [0.4, 0.5) is 0 Å². The van der Waals surface area contributed by atoms with Gasteiger partial charge in [0.25, 0.3) is 0 Å². The van der Waals surface area contributed by atoms with Gasteiger partial charge in [-0.05, 0) is 0 Å². The van der Waals surface area contributed by atoms with E-state index in [-0.39, 0.29) is 35.6 Å². The first-order chi connectivity index (χ1) is 25.2. The van der Waals surface area contributed by atoms with Gasteiger partial charge in [-0.3, -0.25) is 0 Å². The Balaban J connectivity index is 0.00000233. The van der Waals surface area contributed by atoms with Crippen LogP contribution in [0.1, 0.15) is 129 Å². The fourth-order valence-corrected chi connectivity index (χ4v) is 21.1. The minimum atomic E-state index is -2.94. The Labute approximate surface area is 352 Å². The van der Waals surface area contributed by atoms with Gasteiger partial charge in [0, 0.05) is 0 Å². The predicted molar refractivity (Wildman–Crippen MR) is 223 cm³/mol. The molecule has 0 N–H and O–H groups in total. The average molecular weight is 847 g/mol. The van der Waals surface area contributed by atoms with Crippen molar-refractivity contribution < 1.29 is 46.1 Å². The van der Waals surface area contributed by atoms with E-state index in [4.69, 9.17) is 0 Å². The maximum atomic E-state index is 2.87. The molecule has 6 aliphatic rings. The molecule has 0 saturated heterocycles. The van der Waals surface area contributed by atoms with Crippen molar-refractivity contribution in [3.8, 4) is 11.1 Å². The molecule has 4 saturated carbocycles. The second-order valence-electron chi connectivity index (χ2n) is 20.1. The summed E-state index contributed by atoms with van der Waals surface area (Å²) in [7, 11) is 0. The molecule has 1 atom stereocenters. The molecule has 0 nitrogen and oxygen atoms in total. The molecule has 4 fully saturated rings. The third-order valence-corrected chi connectivity index (χ3v) is 22.9. The fraction of sp³-hybridized carbons (Fsp3) is 0.442. The van der Waals surface area contributed by atoms with Gasteiger partial charge in [-0.2, -0.15) is 0 Å². The van der Waals surface area contributed by atoms with Crippen molar-refractivity contribution in [3.05, 3.63) is 150 Å². The third kappa shape index (κ3) is 7.36. The summed E-state index contributed by atoms with van der Waals surface area (Å²) in [4.78, 5) is 0. The number of fused-ring (bicyclic) bond motifs is 3. The molecular weight excluding hydrogens is 787 g/mol. The van der Waals surface area contributed by atoms with Crippen molar-refractivity contribution in [1.29, 1.82) is 0 Å². The van der Waals surface area contributed by atoms with Crippen LogP contribution in [0.2, 0.25) is 0 Å². The third-order valence-electron chi connectivity index (χ3n) is 14.2. The molecule has 0 aromatic heterocycles. The Morgan fingerprint density at radius 1 is 0.582 bits per heavy atom. The zero-order chi connectivity index (χ0) is 37.0. The van der Waals surface area contributed by atoms with Crippen molar-refractivity contribution in [2.75, 3.05) is 0 Å². The molecule has 0 heterocycles. The summed E-state index contributed by atoms with van der Waals surface area (Å²) in [6.45, 7) is 21.4. The fourth-order valence-electron chi connectivity index (χ4n) is 11.6. The second-order valence-corrected chi connectivity index (χ2v) is 26.2. The van der Waals surface area contributed by atoms with Gasteiger partial charge in [-0.1, -0.05) is 0 Å². The van der Waals surface area contributed by atoms with E-state index >= 15 is 0 Å². The smallest absolute Gasteiger partial charge is 1.00 e. The van der Waals surface area contributed by atoms with Crippen molar-refractivity contribution in [2.45, 2.75) is 109 Å². The van der Waals surface area contributed by atoms with Gasteiger partial charge in [-0.15, -0.1) is 0 Å². The number of aryl methyl sites for hydroxylation is 2. The molecule has 1 unspecified atom stereocenters. The summed E-state index contributed by atoms with van der Waals surface area (Å²) in [5.41, 5.74) is 16.5. The van der Waals surface area contributed by atoms with Gasteiger partial charge in [0.15, 0.2) is 0 Å². The molecule has 4 aromatic carbocycles. The van der Waals surface area contributed by atoms with Gasteiger partial charge < -0.3 is 24.8 Å². The molecule has 3 heteroatoms. The van der Waals surface area contributed by atoms with Gasteiger partial charge in [-0.25, -0.2) is 0 Å². The minimum Gasteiger partial charge on any atom is -1.00 e. The number of benzene rings is 4. The molecular formula is C52H60Cl2Zr. The molecule has 0 aliphatic heterocycles. The number of allylic oxidation sites excluding steroid dienone is 4. The molecule has 0 amide bonds. The zero-order valence-electron chi connectivity index (χ0n) is 34.6. The number of hydrogen-bond donors (Lipinski definition) is 0. The molecule has 0 spiro atoms. The van der Waals surface area contributed by atoms with Gasteiger partial charge >= 0.3 is 330 Å². The van der Waals surface area contributed by atoms with Crippen LogP contribution in [-0.4, -0.2) is 3.21 Å². The number of hydrogen-bond acceptors (Lipinski definition) is 0. The zero-order valence-corrected chi connectivity index (χ0v) is 38.5. The van der Waals surface area contributed by atoms with Crippen molar-refractivity contribution in [1.82, 2.24) is 0 Å². The van der Waals surface area contributed by atoms with E-state index in [1.807, 2.05) is 3.28 Å². The normalized spacial score (nSPS) is 24.9. The number of halogens is 2. The maximum absolute atomic E-state index is 2.94. The molecule has 55 heavy (non-hydrogen) atoms. The Hall–Kier alpha value is -2.31. The summed E-state index contributed by atoms with van der Waals surface area (Å²) < 4.78 is 3.90. The van der Waals surface area contributed by atoms with Crippen LogP contribution in [0.3, 0.4) is 0 Å². The van der Waals surface area contributed by atoms with E-state index in [9.17, 15) is 0 Å². The first kappa shape index (κ1) is 40.9. The van der Waals surface area contributed by atoms with Gasteiger partial charge in [0.1, 0.15) is 0 Å². The van der Waals surface area contributed by atoms with Gasteiger partial charge in [0.2, 0.25) is 0 Å². The van der Waals surface area contributed by atoms with E-state index in [1.54, 1.807) is 19.9 Å². The molecule has 4 aromatic rings. The van der Waals surface area contributed by atoms with E-state index in [2.05, 4.69) is 159 Å². The standard InChI is InChI=1S/C21H25.C16H21.C15H14.2ClH.Zr/c1-20(2,3)16-7-9-18-14(12-16)11-15-13-17(21(4,5)6)8-10-19(15)18;1-10-2-3-13(4-10)16-14-6-11-5-12(8-14)9-15(16)7-11;1-12-3-7-14(8-4-12)11-15-9-5-13(2)6-10-15;;;/h7-13H,1-6H3;3-4,10-12,14-16H,5-9H2,1H3;3-10H,1-2H3;2*1H;/q;;;;;+2/p-2. The minimum absolute atomic E-state index is 0. The van der Waals surface area contributed by atoms with Crippen molar-refractivity contribution in [2.24, 2.45) is 35.5 Å². The van der Waals surface area contributed by atoms with Crippen LogP contribution in [-0.2, 0) is 32.1 Å². The first-order valence-corrected chi connectivity index (χ1v) is 24.7. The summed E-state index contributed by atoms with van der Waals surface area (Å²) in [6.07, 6.45) is 13.1. The van der Waals surface area contributed by atoms with E-state index in [0.717, 1.165) is 29.6 Å². The SMILES string of the molecule is Cc1ccc([C](c2ccc(C)cc2)=[Zr+2]([C]2=CC(C3C4CC5CC(C4)CC3C5)=CC2C)[CH]2c3cc(C(C)(C)C)ccc3-c3ccc(C(C)(C)C)cc32)cc1.[Cl-].[Cl-]. The van der Waals surface area contributed by atoms with Crippen LogP contribution < -0.4 is 24.8 Å². The predicted octanol–water partition coefficient (Wildman–Crippen LogP) is 7.40. The molecule has 0 radical (unpaired) electrons. The molecule has 286 valence electrons.